The van der Waals surface area contributed by atoms with Crippen LogP contribution in [0.3, 0.4) is 0 Å². The van der Waals surface area contributed by atoms with Crippen molar-refractivity contribution in [3.05, 3.63) is 52.8 Å². The quantitative estimate of drug-likeness (QED) is 0.694. The summed E-state index contributed by atoms with van der Waals surface area (Å²) in [6.07, 6.45) is 1.59. The minimum absolute atomic E-state index is 0.136. The summed E-state index contributed by atoms with van der Waals surface area (Å²) in [4.78, 5) is 17.0. The molecule has 1 fully saturated rings. The van der Waals surface area contributed by atoms with Gasteiger partial charge < -0.3 is 9.80 Å². The van der Waals surface area contributed by atoms with Crippen molar-refractivity contribution in [2.75, 3.05) is 31.1 Å². The fraction of sp³-hybridized carbons (Fsp3) is 0.368. The van der Waals surface area contributed by atoms with Crippen LogP contribution in [0.2, 0.25) is 5.02 Å². The molecule has 4 rings (SSSR count). The lowest BCUT2D eigenvalue weighted by atomic mass is 9.98. The summed E-state index contributed by atoms with van der Waals surface area (Å²) in [5.41, 5.74) is 2.70. The first-order valence-corrected chi connectivity index (χ1v) is 9.37. The monoisotopic (exact) mass is 384 g/mol. The molecule has 3 aromatic rings. The Hall–Kier alpha value is -2.67. The molecule has 3 heterocycles. The average molecular weight is 385 g/mol. The minimum Gasteiger partial charge on any atom is -0.352 e. The summed E-state index contributed by atoms with van der Waals surface area (Å²) in [5, 5.41) is 13.1. The third kappa shape index (κ3) is 3.47. The van der Waals surface area contributed by atoms with Crippen molar-refractivity contribution in [3.63, 3.8) is 0 Å². The summed E-state index contributed by atoms with van der Waals surface area (Å²) < 4.78 is 1.66. The molecule has 0 N–H and O–H groups in total. The Kier molecular flexibility index (Phi) is 4.70. The van der Waals surface area contributed by atoms with E-state index < -0.39 is 0 Å². The second kappa shape index (κ2) is 7.15. The Labute approximate surface area is 162 Å². The molecular formula is C19H21ClN6O. The third-order valence-corrected chi connectivity index (χ3v) is 5.54. The Bertz CT molecular complexity index is 979. The van der Waals surface area contributed by atoms with Crippen LogP contribution >= 0.6 is 11.6 Å². The van der Waals surface area contributed by atoms with Gasteiger partial charge in [-0.05, 0) is 43.2 Å². The van der Waals surface area contributed by atoms with Crippen LogP contribution in [0.5, 0.6) is 0 Å². The van der Waals surface area contributed by atoms with E-state index >= 15 is 0 Å². The summed E-state index contributed by atoms with van der Waals surface area (Å²) in [6.45, 7) is 6.73. The van der Waals surface area contributed by atoms with E-state index in [1.54, 1.807) is 10.8 Å². The largest absolute Gasteiger partial charge is 0.352 e. The SMILES string of the molecule is Cc1ccc(C(C)C(=O)N2CCN(c3ccc4nncn4n3)CC2)cc1Cl. The van der Waals surface area contributed by atoms with Crippen molar-refractivity contribution in [2.45, 2.75) is 19.8 Å². The van der Waals surface area contributed by atoms with E-state index in [9.17, 15) is 4.79 Å². The number of aromatic nitrogens is 4. The Morgan fingerprint density at radius 1 is 1.15 bits per heavy atom. The first-order valence-electron chi connectivity index (χ1n) is 9.00. The third-order valence-electron chi connectivity index (χ3n) is 5.13. The number of hydrogen-bond donors (Lipinski definition) is 0. The maximum Gasteiger partial charge on any atom is 0.229 e. The fourth-order valence-electron chi connectivity index (χ4n) is 3.34. The molecule has 1 saturated heterocycles. The fourth-order valence-corrected chi connectivity index (χ4v) is 3.53. The van der Waals surface area contributed by atoms with Crippen LogP contribution in [-0.4, -0.2) is 56.8 Å². The number of anilines is 1. The highest BCUT2D eigenvalue weighted by molar-refractivity contribution is 6.31. The number of fused-ring (bicyclic) bond motifs is 1. The van der Waals surface area contributed by atoms with Crippen LogP contribution in [0, 0.1) is 6.92 Å². The maximum atomic E-state index is 12.9. The lowest BCUT2D eigenvalue weighted by molar-refractivity contribution is -0.132. The molecule has 1 aliphatic heterocycles. The second-order valence-corrected chi connectivity index (χ2v) is 7.28. The van der Waals surface area contributed by atoms with E-state index in [1.807, 2.05) is 49.1 Å². The number of nitrogens with zero attached hydrogens (tertiary/aromatic N) is 6. The van der Waals surface area contributed by atoms with Crippen LogP contribution in [0.4, 0.5) is 5.82 Å². The van der Waals surface area contributed by atoms with Crippen LogP contribution in [0.25, 0.3) is 5.65 Å². The van der Waals surface area contributed by atoms with Gasteiger partial charge >= 0.3 is 0 Å². The van der Waals surface area contributed by atoms with Gasteiger partial charge in [-0.1, -0.05) is 23.7 Å². The molecule has 1 unspecified atom stereocenters. The van der Waals surface area contributed by atoms with E-state index in [2.05, 4.69) is 20.2 Å². The second-order valence-electron chi connectivity index (χ2n) is 6.87. The molecule has 1 aromatic carbocycles. The number of rotatable bonds is 3. The number of hydrogen-bond acceptors (Lipinski definition) is 5. The lowest BCUT2D eigenvalue weighted by Crippen LogP contribution is -2.50. The number of carbonyl (C=O) groups is 1. The predicted molar refractivity (Wildman–Crippen MR) is 104 cm³/mol. The van der Waals surface area contributed by atoms with E-state index in [4.69, 9.17) is 11.6 Å². The molecule has 8 heteroatoms. The van der Waals surface area contributed by atoms with Crippen LogP contribution in [-0.2, 0) is 4.79 Å². The van der Waals surface area contributed by atoms with Crippen LogP contribution in [0.1, 0.15) is 24.0 Å². The minimum atomic E-state index is -0.207. The van der Waals surface area contributed by atoms with Crippen molar-refractivity contribution in [1.82, 2.24) is 24.7 Å². The number of amides is 1. The molecule has 0 saturated carbocycles. The molecule has 0 aliphatic carbocycles. The molecule has 0 spiro atoms. The van der Waals surface area contributed by atoms with Gasteiger partial charge in [0.2, 0.25) is 5.91 Å². The van der Waals surface area contributed by atoms with Gasteiger partial charge in [-0.3, -0.25) is 4.79 Å². The number of aryl methyl sites for hydroxylation is 1. The van der Waals surface area contributed by atoms with E-state index in [0.29, 0.717) is 18.1 Å². The molecule has 2 aromatic heterocycles. The smallest absolute Gasteiger partial charge is 0.229 e. The first-order chi connectivity index (χ1) is 13.0. The van der Waals surface area contributed by atoms with Gasteiger partial charge in [-0.2, -0.15) is 4.52 Å². The lowest BCUT2D eigenvalue weighted by Gasteiger charge is -2.36. The predicted octanol–water partition coefficient (Wildman–Crippen LogP) is 2.54. The van der Waals surface area contributed by atoms with Crippen molar-refractivity contribution in [2.24, 2.45) is 0 Å². The molecule has 1 aliphatic rings. The summed E-state index contributed by atoms with van der Waals surface area (Å²) in [5.74, 6) is 0.797. The molecule has 0 bridgehead atoms. The highest BCUT2D eigenvalue weighted by Gasteiger charge is 2.26. The highest BCUT2D eigenvalue weighted by Crippen LogP contribution is 2.25. The normalized spacial score (nSPS) is 16.0. The van der Waals surface area contributed by atoms with Crippen molar-refractivity contribution >= 4 is 29.0 Å². The average Bonchev–Trinajstić information content (AvgIpc) is 3.17. The molecule has 0 radical (unpaired) electrons. The summed E-state index contributed by atoms with van der Waals surface area (Å²) in [7, 11) is 0. The molecular weight excluding hydrogens is 364 g/mol. The van der Waals surface area contributed by atoms with Crippen molar-refractivity contribution in [3.8, 4) is 0 Å². The first kappa shape index (κ1) is 17.7. The highest BCUT2D eigenvalue weighted by atomic mass is 35.5. The summed E-state index contributed by atoms with van der Waals surface area (Å²) in [6, 6.07) is 9.69. The van der Waals surface area contributed by atoms with Crippen LogP contribution < -0.4 is 4.90 Å². The Morgan fingerprint density at radius 2 is 1.93 bits per heavy atom. The molecule has 1 atom stereocenters. The Balaban J connectivity index is 1.41. The van der Waals surface area contributed by atoms with Gasteiger partial charge in [-0.15, -0.1) is 15.3 Å². The van der Waals surface area contributed by atoms with Gasteiger partial charge in [0.25, 0.3) is 0 Å². The van der Waals surface area contributed by atoms with Gasteiger partial charge in [0.15, 0.2) is 5.65 Å². The van der Waals surface area contributed by atoms with Gasteiger partial charge in [-0.25, -0.2) is 0 Å². The Morgan fingerprint density at radius 3 is 2.67 bits per heavy atom. The number of halogens is 1. The van der Waals surface area contributed by atoms with Gasteiger partial charge in [0.05, 0.1) is 5.92 Å². The molecule has 27 heavy (non-hydrogen) atoms. The maximum absolute atomic E-state index is 12.9. The topological polar surface area (TPSA) is 66.6 Å². The number of benzene rings is 1. The molecule has 1 amide bonds. The summed E-state index contributed by atoms with van der Waals surface area (Å²) >= 11 is 6.22. The number of piperazine rings is 1. The zero-order chi connectivity index (χ0) is 19.0. The molecule has 140 valence electrons. The van der Waals surface area contributed by atoms with Crippen LogP contribution in [0.15, 0.2) is 36.7 Å². The zero-order valence-corrected chi connectivity index (χ0v) is 16.1. The number of carbonyl (C=O) groups excluding carboxylic acids is 1. The van der Waals surface area contributed by atoms with E-state index in [0.717, 1.165) is 35.7 Å². The van der Waals surface area contributed by atoms with E-state index in [1.165, 1.54) is 0 Å². The standard InChI is InChI=1S/C19H21ClN6O/c1-13-3-4-15(11-16(13)20)14(2)19(27)25-9-7-24(8-10-25)18-6-5-17-22-21-12-26(17)23-18/h3-6,11-12,14H,7-10H2,1-2H3. The zero-order valence-electron chi connectivity index (χ0n) is 15.3. The van der Waals surface area contributed by atoms with Gasteiger partial charge in [0, 0.05) is 31.2 Å². The van der Waals surface area contributed by atoms with E-state index in [-0.39, 0.29) is 11.8 Å². The van der Waals surface area contributed by atoms with Gasteiger partial charge in [0.1, 0.15) is 12.1 Å². The van der Waals surface area contributed by atoms with Crippen molar-refractivity contribution in [1.29, 1.82) is 0 Å². The molecule has 7 nitrogen and oxygen atoms in total. The van der Waals surface area contributed by atoms with Crippen molar-refractivity contribution < 1.29 is 4.79 Å².